The van der Waals surface area contributed by atoms with Crippen LogP contribution in [-0.4, -0.2) is 45.3 Å². The molecule has 1 N–H and O–H groups in total. The van der Waals surface area contributed by atoms with Gasteiger partial charge in [0.05, 0.1) is 12.7 Å². The molecule has 2 aromatic heterocycles. The fraction of sp³-hybridized carbons (Fsp3) is 0.688. The third-order valence-electron chi connectivity index (χ3n) is 4.88. The summed E-state index contributed by atoms with van der Waals surface area (Å²) in [7, 11) is 1.67. The highest BCUT2D eigenvalue weighted by atomic mass is 16.5. The number of aromatic amines is 1. The standard InChI is InChI=1S/C16H23N5O2/c1-10-17-5-12(23-10)6-21-7-13(11-3-4-11)14(8-21)16-18-15(9-22-2)19-20-16/h5,11,13-14H,3-4,6-9H2,1-2H3,(H,18,19,20)/t13-,14+/m1/s1. The number of rotatable bonds is 6. The molecule has 0 unspecified atom stereocenters. The first kappa shape index (κ1) is 14.8. The largest absolute Gasteiger partial charge is 0.445 e. The first-order valence-electron chi connectivity index (χ1n) is 8.26. The Morgan fingerprint density at radius 1 is 1.39 bits per heavy atom. The Balaban J connectivity index is 1.48. The van der Waals surface area contributed by atoms with Gasteiger partial charge in [-0.15, -0.1) is 0 Å². The minimum Gasteiger partial charge on any atom is -0.445 e. The molecule has 4 rings (SSSR count). The van der Waals surface area contributed by atoms with E-state index >= 15 is 0 Å². The summed E-state index contributed by atoms with van der Waals surface area (Å²) in [6, 6.07) is 0. The SMILES string of the molecule is COCc1nc([C@H]2CN(Cc3cnc(C)o3)C[C@@H]2C2CC2)n[nH]1. The van der Waals surface area contributed by atoms with E-state index in [4.69, 9.17) is 9.15 Å². The molecule has 3 heterocycles. The van der Waals surface area contributed by atoms with Crippen molar-refractivity contribution >= 4 is 0 Å². The van der Waals surface area contributed by atoms with Crippen molar-refractivity contribution in [3.05, 3.63) is 29.5 Å². The zero-order chi connectivity index (χ0) is 15.8. The predicted octanol–water partition coefficient (Wildman–Crippen LogP) is 1.87. The fourth-order valence-corrected chi connectivity index (χ4v) is 3.69. The first-order valence-corrected chi connectivity index (χ1v) is 8.26. The minimum atomic E-state index is 0.397. The molecule has 2 atom stereocenters. The van der Waals surface area contributed by atoms with Gasteiger partial charge in [0, 0.05) is 33.0 Å². The van der Waals surface area contributed by atoms with Gasteiger partial charge in [-0.05, 0) is 24.7 Å². The fourth-order valence-electron chi connectivity index (χ4n) is 3.69. The summed E-state index contributed by atoms with van der Waals surface area (Å²) in [5.41, 5.74) is 0. The maximum Gasteiger partial charge on any atom is 0.191 e. The third-order valence-corrected chi connectivity index (χ3v) is 4.88. The van der Waals surface area contributed by atoms with Gasteiger partial charge in [0.2, 0.25) is 0 Å². The summed E-state index contributed by atoms with van der Waals surface area (Å²) in [5, 5.41) is 7.44. The van der Waals surface area contributed by atoms with Crippen LogP contribution in [0, 0.1) is 18.8 Å². The number of methoxy groups -OCH3 is 1. The molecule has 0 amide bonds. The number of aryl methyl sites for hydroxylation is 1. The molecular formula is C16H23N5O2. The van der Waals surface area contributed by atoms with Gasteiger partial charge in [-0.25, -0.2) is 9.97 Å². The van der Waals surface area contributed by atoms with E-state index in [-0.39, 0.29) is 0 Å². The Labute approximate surface area is 135 Å². The number of likely N-dealkylation sites (tertiary alicyclic amines) is 1. The van der Waals surface area contributed by atoms with Crippen molar-refractivity contribution in [1.82, 2.24) is 25.1 Å². The zero-order valence-corrected chi connectivity index (χ0v) is 13.7. The number of ether oxygens (including phenoxy) is 1. The van der Waals surface area contributed by atoms with Crippen molar-refractivity contribution in [1.29, 1.82) is 0 Å². The van der Waals surface area contributed by atoms with E-state index in [2.05, 4.69) is 25.1 Å². The van der Waals surface area contributed by atoms with Crippen LogP contribution in [0.1, 0.15) is 42.1 Å². The quantitative estimate of drug-likeness (QED) is 0.876. The van der Waals surface area contributed by atoms with Gasteiger partial charge in [-0.3, -0.25) is 10.00 Å². The lowest BCUT2D eigenvalue weighted by atomic mass is 9.91. The molecule has 1 aliphatic heterocycles. The van der Waals surface area contributed by atoms with Crippen LogP contribution in [0.4, 0.5) is 0 Å². The van der Waals surface area contributed by atoms with Crippen molar-refractivity contribution in [2.45, 2.75) is 38.8 Å². The highest BCUT2D eigenvalue weighted by Gasteiger charge is 2.44. The summed E-state index contributed by atoms with van der Waals surface area (Å²) < 4.78 is 10.8. The molecule has 23 heavy (non-hydrogen) atoms. The van der Waals surface area contributed by atoms with Crippen LogP contribution in [-0.2, 0) is 17.9 Å². The van der Waals surface area contributed by atoms with E-state index in [1.54, 1.807) is 7.11 Å². The van der Waals surface area contributed by atoms with Crippen molar-refractivity contribution < 1.29 is 9.15 Å². The highest BCUT2D eigenvalue weighted by molar-refractivity contribution is 5.09. The zero-order valence-electron chi connectivity index (χ0n) is 13.7. The number of nitrogens with zero attached hydrogens (tertiary/aromatic N) is 4. The average Bonchev–Trinajstić information content (AvgIpc) is 2.93. The topological polar surface area (TPSA) is 80.1 Å². The molecule has 2 fully saturated rings. The second-order valence-corrected chi connectivity index (χ2v) is 6.72. The molecule has 2 aliphatic rings. The number of nitrogens with one attached hydrogen (secondary N) is 1. The average molecular weight is 317 g/mol. The van der Waals surface area contributed by atoms with Crippen molar-refractivity contribution in [3.8, 4) is 0 Å². The van der Waals surface area contributed by atoms with E-state index in [0.717, 1.165) is 48.9 Å². The molecule has 124 valence electrons. The number of aromatic nitrogens is 4. The van der Waals surface area contributed by atoms with Crippen molar-refractivity contribution in [2.75, 3.05) is 20.2 Å². The van der Waals surface area contributed by atoms with Gasteiger partial charge in [-0.1, -0.05) is 0 Å². The summed E-state index contributed by atoms with van der Waals surface area (Å²) in [6.07, 6.45) is 4.51. The Bertz CT molecular complexity index is 663. The van der Waals surface area contributed by atoms with Crippen molar-refractivity contribution in [2.24, 2.45) is 11.8 Å². The predicted molar refractivity (Wildman–Crippen MR) is 82.6 cm³/mol. The number of hydrogen-bond donors (Lipinski definition) is 1. The molecule has 1 saturated carbocycles. The molecule has 7 heteroatoms. The van der Waals surface area contributed by atoms with Crippen molar-refractivity contribution in [3.63, 3.8) is 0 Å². The molecule has 0 aromatic carbocycles. The molecule has 2 aromatic rings. The van der Waals surface area contributed by atoms with Crippen LogP contribution >= 0.6 is 0 Å². The Morgan fingerprint density at radius 2 is 2.26 bits per heavy atom. The van der Waals surface area contributed by atoms with Crippen LogP contribution in [0.3, 0.4) is 0 Å². The lowest BCUT2D eigenvalue weighted by Crippen LogP contribution is -2.20. The van der Waals surface area contributed by atoms with E-state index < -0.39 is 0 Å². The molecule has 7 nitrogen and oxygen atoms in total. The number of hydrogen-bond acceptors (Lipinski definition) is 6. The Morgan fingerprint density at radius 3 is 2.96 bits per heavy atom. The van der Waals surface area contributed by atoms with E-state index in [9.17, 15) is 0 Å². The monoisotopic (exact) mass is 317 g/mol. The van der Waals surface area contributed by atoms with E-state index in [1.165, 1.54) is 12.8 Å². The number of H-pyrrole nitrogens is 1. The van der Waals surface area contributed by atoms with Gasteiger partial charge in [0.1, 0.15) is 12.4 Å². The Hall–Kier alpha value is -1.73. The molecule has 0 bridgehead atoms. The third kappa shape index (κ3) is 3.16. The van der Waals surface area contributed by atoms with Gasteiger partial charge >= 0.3 is 0 Å². The first-order chi connectivity index (χ1) is 11.2. The minimum absolute atomic E-state index is 0.397. The molecule has 1 saturated heterocycles. The smallest absolute Gasteiger partial charge is 0.191 e. The molecule has 1 aliphatic carbocycles. The number of oxazole rings is 1. The van der Waals surface area contributed by atoms with Crippen LogP contribution in [0.5, 0.6) is 0 Å². The maximum absolute atomic E-state index is 5.63. The van der Waals surface area contributed by atoms with Gasteiger partial charge in [0.15, 0.2) is 17.5 Å². The molecule has 0 spiro atoms. The van der Waals surface area contributed by atoms with E-state index in [0.29, 0.717) is 18.4 Å². The summed E-state index contributed by atoms with van der Waals surface area (Å²) in [4.78, 5) is 11.3. The van der Waals surface area contributed by atoms with Gasteiger partial charge < -0.3 is 9.15 Å². The van der Waals surface area contributed by atoms with Crippen LogP contribution in [0.15, 0.2) is 10.6 Å². The summed E-state index contributed by atoms with van der Waals surface area (Å²) in [5.74, 6) is 5.27. The molecular weight excluding hydrogens is 294 g/mol. The highest BCUT2D eigenvalue weighted by Crippen LogP contribution is 2.47. The van der Waals surface area contributed by atoms with Crippen LogP contribution in [0.25, 0.3) is 0 Å². The molecule has 0 radical (unpaired) electrons. The lowest BCUT2D eigenvalue weighted by molar-refractivity contribution is 0.178. The maximum atomic E-state index is 5.63. The van der Waals surface area contributed by atoms with Crippen LogP contribution in [0.2, 0.25) is 0 Å². The second-order valence-electron chi connectivity index (χ2n) is 6.72. The summed E-state index contributed by atoms with van der Waals surface area (Å²) >= 11 is 0. The normalized spacial score (nSPS) is 25.3. The van der Waals surface area contributed by atoms with E-state index in [1.807, 2.05) is 13.1 Å². The van der Waals surface area contributed by atoms with Crippen LogP contribution < -0.4 is 0 Å². The lowest BCUT2D eigenvalue weighted by Gasteiger charge is -2.14. The van der Waals surface area contributed by atoms with Gasteiger partial charge in [-0.2, -0.15) is 5.10 Å². The summed E-state index contributed by atoms with van der Waals surface area (Å²) in [6.45, 7) is 5.24. The Kier molecular flexibility index (Phi) is 3.90. The van der Waals surface area contributed by atoms with Gasteiger partial charge in [0.25, 0.3) is 0 Å². The second kappa shape index (κ2) is 6.05.